The van der Waals surface area contributed by atoms with E-state index in [1.165, 1.54) is 20.8 Å². The van der Waals surface area contributed by atoms with Crippen LogP contribution in [0.3, 0.4) is 0 Å². The molecule has 2 aliphatic heterocycles. The first kappa shape index (κ1) is 17.8. The summed E-state index contributed by atoms with van der Waals surface area (Å²) in [5.74, 6) is -1.10. The fourth-order valence-electron chi connectivity index (χ4n) is 2.37. The molecule has 6 unspecified atom stereocenters. The van der Waals surface area contributed by atoms with Gasteiger partial charge in [0.05, 0.1) is 0 Å². The highest BCUT2D eigenvalue weighted by molar-refractivity contribution is 7.80. The van der Waals surface area contributed by atoms with E-state index in [-0.39, 0.29) is 6.61 Å². The van der Waals surface area contributed by atoms with Gasteiger partial charge in [-0.3, -0.25) is 9.59 Å². The molecule has 0 aromatic rings. The van der Waals surface area contributed by atoms with Gasteiger partial charge in [0.1, 0.15) is 24.3 Å². The average Bonchev–Trinajstić information content (AvgIpc) is 2.57. The zero-order chi connectivity index (χ0) is 17.1. The molecule has 9 nitrogen and oxygen atoms in total. The Balaban J connectivity index is 2.24. The number of hydrogen-bond donors (Lipinski definition) is 1. The topological polar surface area (TPSA) is 107 Å². The maximum absolute atomic E-state index is 11.6. The molecule has 0 spiro atoms. The van der Waals surface area contributed by atoms with E-state index >= 15 is 0 Å². The van der Waals surface area contributed by atoms with Crippen molar-refractivity contribution in [2.24, 2.45) is 0 Å². The van der Waals surface area contributed by atoms with Gasteiger partial charge in [0.2, 0.25) is 6.29 Å². The molecule has 0 N–H and O–H groups in total. The van der Waals surface area contributed by atoms with Crippen LogP contribution in [0.15, 0.2) is 0 Å². The van der Waals surface area contributed by atoms with Gasteiger partial charge in [-0.1, -0.05) is 0 Å². The minimum atomic E-state index is -1.01. The second-order valence-corrected chi connectivity index (χ2v) is 5.57. The Labute approximate surface area is 137 Å². The second-order valence-electron chi connectivity index (χ2n) is 5.06. The molecule has 2 saturated heterocycles. The molecular formula is C13H18O9S. The molecule has 130 valence electrons. The van der Waals surface area contributed by atoms with Crippen LogP contribution in [0.2, 0.25) is 0 Å². The molecule has 2 rings (SSSR count). The van der Waals surface area contributed by atoms with Crippen LogP contribution in [-0.4, -0.2) is 60.8 Å². The van der Waals surface area contributed by atoms with E-state index in [4.69, 9.17) is 28.4 Å². The largest absolute Gasteiger partial charge is 0.511 e. The van der Waals surface area contributed by atoms with Crippen LogP contribution in [0.1, 0.15) is 20.8 Å². The van der Waals surface area contributed by atoms with Crippen molar-refractivity contribution in [1.29, 1.82) is 0 Å². The highest BCUT2D eigenvalue weighted by Crippen LogP contribution is 2.32. The van der Waals surface area contributed by atoms with Gasteiger partial charge in [-0.2, -0.15) is 0 Å². The molecule has 6 atom stereocenters. The first-order chi connectivity index (χ1) is 10.8. The average molecular weight is 350 g/mol. The molecular weight excluding hydrogens is 332 g/mol. The molecule has 2 fully saturated rings. The Morgan fingerprint density at radius 2 is 1.83 bits per heavy atom. The summed E-state index contributed by atoms with van der Waals surface area (Å²) in [7, 11) is 0. The van der Waals surface area contributed by atoms with Crippen molar-refractivity contribution in [3.05, 3.63) is 0 Å². The van der Waals surface area contributed by atoms with Crippen molar-refractivity contribution < 1.29 is 42.8 Å². The number of esters is 2. The number of carbonyl (C=O) groups excluding carboxylic acids is 3. The summed E-state index contributed by atoms with van der Waals surface area (Å²) >= 11 is 4.21. The molecule has 2 aliphatic rings. The summed E-state index contributed by atoms with van der Waals surface area (Å²) in [6.07, 6.45) is -5.50. The van der Waals surface area contributed by atoms with E-state index in [9.17, 15) is 14.4 Å². The van der Waals surface area contributed by atoms with E-state index in [1.807, 2.05) is 0 Å². The van der Waals surface area contributed by atoms with E-state index < -0.39 is 54.2 Å². The number of hydrogen-bond acceptors (Lipinski definition) is 10. The predicted octanol–water partition coefficient (Wildman–Crippen LogP) is 0.402. The number of ether oxygens (including phenoxy) is 6. The zero-order valence-electron chi connectivity index (χ0n) is 12.8. The Morgan fingerprint density at radius 1 is 1.13 bits per heavy atom. The normalized spacial score (nSPS) is 36.8. The van der Waals surface area contributed by atoms with Gasteiger partial charge in [0.15, 0.2) is 12.2 Å². The third-order valence-electron chi connectivity index (χ3n) is 3.21. The molecule has 10 heteroatoms. The molecule has 0 aromatic carbocycles. The monoisotopic (exact) mass is 350 g/mol. The molecule has 0 aromatic heterocycles. The van der Waals surface area contributed by atoms with Crippen molar-refractivity contribution in [3.8, 4) is 0 Å². The SMILES string of the molecule is CC(=O)OCC1OC(S)C(OC(C)=O)C2OC(=O)OC(C)OC12. The van der Waals surface area contributed by atoms with E-state index in [0.717, 1.165) is 0 Å². The van der Waals surface area contributed by atoms with Gasteiger partial charge in [-0.25, -0.2) is 4.79 Å². The third-order valence-corrected chi connectivity index (χ3v) is 3.62. The van der Waals surface area contributed by atoms with Gasteiger partial charge in [0.25, 0.3) is 0 Å². The van der Waals surface area contributed by atoms with Crippen molar-refractivity contribution in [2.45, 2.75) is 56.9 Å². The lowest BCUT2D eigenvalue weighted by molar-refractivity contribution is -0.238. The molecule has 0 saturated carbocycles. The van der Waals surface area contributed by atoms with Crippen molar-refractivity contribution >= 4 is 30.7 Å². The summed E-state index contributed by atoms with van der Waals surface area (Å²) in [6, 6.07) is 0. The van der Waals surface area contributed by atoms with Crippen LogP contribution in [-0.2, 0) is 38.0 Å². The predicted molar refractivity (Wildman–Crippen MR) is 75.5 cm³/mol. The summed E-state index contributed by atoms with van der Waals surface area (Å²) < 4.78 is 31.3. The lowest BCUT2D eigenvalue weighted by atomic mass is 9.99. The van der Waals surface area contributed by atoms with Crippen LogP contribution >= 0.6 is 12.6 Å². The Hall–Kier alpha value is -1.52. The highest BCUT2D eigenvalue weighted by Gasteiger charge is 2.52. The standard InChI is InChI=1S/C13H18O9S/c1-5(14)17-4-8-9-10(22-13(16)20-7(3)19-9)11(12(23)21-8)18-6(2)15/h7-12,23H,4H2,1-3H3. The van der Waals surface area contributed by atoms with Gasteiger partial charge in [-0.05, 0) is 6.92 Å². The van der Waals surface area contributed by atoms with Gasteiger partial charge >= 0.3 is 18.1 Å². The first-order valence-corrected chi connectivity index (χ1v) is 7.46. The minimum absolute atomic E-state index is 0.134. The van der Waals surface area contributed by atoms with E-state index in [2.05, 4.69) is 12.6 Å². The second kappa shape index (κ2) is 7.37. The molecule has 0 bridgehead atoms. The Morgan fingerprint density at radius 3 is 2.43 bits per heavy atom. The molecule has 2 heterocycles. The smallest absolute Gasteiger partial charge is 0.463 e. The summed E-state index contributed by atoms with van der Waals surface area (Å²) in [5, 5.41) is 0. The molecule has 0 amide bonds. The van der Waals surface area contributed by atoms with Gasteiger partial charge in [-0.15, -0.1) is 12.6 Å². The number of fused-ring (bicyclic) bond motifs is 1. The van der Waals surface area contributed by atoms with Gasteiger partial charge in [0, 0.05) is 13.8 Å². The lowest BCUT2D eigenvalue weighted by Gasteiger charge is -2.42. The number of rotatable bonds is 3. The number of cyclic esters (lactones) is 1. The number of carbonyl (C=O) groups is 3. The van der Waals surface area contributed by atoms with Crippen LogP contribution in [0, 0.1) is 0 Å². The van der Waals surface area contributed by atoms with Crippen LogP contribution in [0.25, 0.3) is 0 Å². The Bertz CT molecular complexity index is 482. The van der Waals surface area contributed by atoms with Crippen molar-refractivity contribution in [1.82, 2.24) is 0 Å². The maximum Gasteiger partial charge on any atom is 0.511 e. The minimum Gasteiger partial charge on any atom is -0.463 e. The third kappa shape index (κ3) is 4.49. The lowest BCUT2D eigenvalue weighted by Crippen LogP contribution is -2.60. The summed E-state index contributed by atoms with van der Waals surface area (Å²) in [4.78, 5) is 33.9. The van der Waals surface area contributed by atoms with Crippen molar-refractivity contribution in [3.63, 3.8) is 0 Å². The quantitative estimate of drug-likeness (QED) is 0.440. The molecule has 0 radical (unpaired) electrons. The van der Waals surface area contributed by atoms with E-state index in [1.54, 1.807) is 0 Å². The summed E-state index contributed by atoms with van der Waals surface area (Å²) in [6.45, 7) is 3.82. The highest BCUT2D eigenvalue weighted by atomic mass is 32.1. The van der Waals surface area contributed by atoms with Crippen LogP contribution in [0.4, 0.5) is 4.79 Å². The van der Waals surface area contributed by atoms with Crippen molar-refractivity contribution in [2.75, 3.05) is 6.61 Å². The number of thiol groups is 1. The molecule has 23 heavy (non-hydrogen) atoms. The van der Waals surface area contributed by atoms with Crippen LogP contribution in [0.5, 0.6) is 0 Å². The fraction of sp³-hybridized carbons (Fsp3) is 0.769. The Kier molecular flexibility index (Phi) is 5.71. The molecule has 0 aliphatic carbocycles. The zero-order valence-corrected chi connectivity index (χ0v) is 13.7. The van der Waals surface area contributed by atoms with E-state index in [0.29, 0.717) is 0 Å². The maximum atomic E-state index is 11.6. The summed E-state index contributed by atoms with van der Waals surface area (Å²) in [5.41, 5.74) is -0.898. The first-order valence-electron chi connectivity index (χ1n) is 6.94. The fourth-order valence-corrected chi connectivity index (χ4v) is 2.75. The van der Waals surface area contributed by atoms with Gasteiger partial charge < -0.3 is 28.4 Å². The van der Waals surface area contributed by atoms with Crippen LogP contribution < -0.4 is 0 Å².